The van der Waals surface area contributed by atoms with E-state index in [1.165, 1.54) is 52.2 Å². The van der Waals surface area contributed by atoms with Crippen LogP contribution in [0.15, 0.2) is 79.1 Å². The van der Waals surface area contributed by atoms with Gasteiger partial charge in [0.2, 0.25) is 0 Å². The van der Waals surface area contributed by atoms with Crippen LogP contribution in [0.1, 0.15) is 18.4 Å². The Bertz CT molecular complexity index is 1100. The third-order valence-electron chi connectivity index (χ3n) is 5.79. The monoisotopic (exact) mass is 367 g/mol. The fraction of sp³-hybridized carbons (Fsp3) is 0.240. The summed E-state index contributed by atoms with van der Waals surface area (Å²) in [5.41, 5.74) is 2.63. The minimum absolute atomic E-state index is 0.489. The van der Waals surface area contributed by atoms with Crippen molar-refractivity contribution >= 4 is 27.2 Å². The molecule has 3 aromatic carbocycles. The smallest absolute Gasteiger partial charge is 0.0389 e. The molecule has 5 rings (SSSR count). The zero-order chi connectivity index (χ0) is 18.8. The van der Waals surface area contributed by atoms with Crippen molar-refractivity contribution in [3.05, 3.63) is 84.7 Å². The summed E-state index contributed by atoms with van der Waals surface area (Å²) >= 11 is 0. The van der Waals surface area contributed by atoms with E-state index in [1.807, 2.05) is 12.4 Å². The van der Waals surface area contributed by atoms with E-state index in [2.05, 4.69) is 81.9 Å². The Labute approximate surface area is 166 Å². The van der Waals surface area contributed by atoms with Gasteiger partial charge in [0.05, 0.1) is 0 Å². The third kappa shape index (κ3) is 3.58. The molecule has 1 aliphatic rings. The van der Waals surface area contributed by atoms with Gasteiger partial charge >= 0.3 is 0 Å². The number of pyridine rings is 1. The molecule has 2 heterocycles. The fourth-order valence-electron chi connectivity index (χ4n) is 4.40. The lowest BCUT2D eigenvalue weighted by molar-refractivity contribution is 0.209. The highest BCUT2D eigenvalue weighted by atomic mass is 15.2. The Hall–Kier alpha value is -2.91. The normalized spacial score (nSPS) is 17.8. The van der Waals surface area contributed by atoms with Gasteiger partial charge in [-0.05, 0) is 59.3 Å². The third-order valence-corrected chi connectivity index (χ3v) is 5.79. The van der Waals surface area contributed by atoms with Crippen LogP contribution in [0, 0.1) is 0 Å². The number of piperidine rings is 1. The average molecular weight is 367 g/mol. The molecule has 1 aromatic heterocycles. The standard InChI is InChI=1S/C25H25N3/c1-2-9-25-19(5-1)6-3-7-22(25)17-28-14-4-8-24(18-28)27-23-11-10-21-16-26-13-12-20(21)15-23/h1-3,5-7,9-13,15-16,24,27H,4,8,14,17-18H2/t24-/m1/s1. The summed E-state index contributed by atoms with van der Waals surface area (Å²) in [4.78, 5) is 6.79. The van der Waals surface area contributed by atoms with Crippen molar-refractivity contribution in [3.63, 3.8) is 0 Å². The van der Waals surface area contributed by atoms with E-state index in [4.69, 9.17) is 0 Å². The van der Waals surface area contributed by atoms with Crippen molar-refractivity contribution in [1.82, 2.24) is 9.88 Å². The first-order valence-corrected chi connectivity index (χ1v) is 10.1. The van der Waals surface area contributed by atoms with Crippen LogP contribution in [0.5, 0.6) is 0 Å². The molecule has 0 saturated carbocycles. The highest BCUT2D eigenvalue weighted by Gasteiger charge is 2.20. The highest BCUT2D eigenvalue weighted by Crippen LogP contribution is 2.24. The average Bonchev–Trinajstić information content (AvgIpc) is 2.74. The number of fused-ring (bicyclic) bond motifs is 2. The zero-order valence-electron chi connectivity index (χ0n) is 16.0. The first-order chi connectivity index (χ1) is 13.8. The molecular weight excluding hydrogens is 342 g/mol. The van der Waals surface area contributed by atoms with Gasteiger partial charge in [-0.15, -0.1) is 0 Å². The minimum Gasteiger partial charge on any atom is -0.381 e. The van der Waals surface area contributed by atoms with Crippen LogP contribution in [0.25, 0.3) is 21.5 Å². The highest BCUT2D eigenvalue weighted by molar-refractivity contribution is 5.86. The number of benzene rings is 3. The Morgan fingerprint density at radius 3 is 2.86 bits per heavy atom. The van der Waals surface area contributed by atoms with Crippen molar-refractivity contribution < 1.29 is 0 Å². The van der Waals surface area contributed by atoms with Crippen LogP contribution in [-0.4, -0.2) is 29.0 Å². The van der Waals surface area contributed by atoms with Gasteiger partial charge in [-0.3, -0.25) is 9.88 Å². The van der Waals surface area contributed by atoms with Gasteiger partial charge in [-0.1, -0.05) is 48.5 Å². The predicted molar refractivity (Wildman–Crippen MR) is 118 cm³/mol. The van der Waals surface area contributed by atoms with Gasteiger partial charge < -0.3 is 5.32 Å². The summed E-state index contributed by atoms with van der Waals surface area (Å²) in [6, 6.07) is 24.5. The van der Waals surface area contributed by atoms with Crippen molar-refractivity contribution in [1.29, 1.82) is 0 Å². The first-order valence-electron chi connectivity index (χ1n) is 10.1. The molecule has 1 atom stereocenters. The van der Waals surface area contributed by atoms with Gasteiger partial charge in [0.15, 0.2) is 0 Å². The minimum atomic E-state index is 0.489. The molecule has 1 fully saturated rings. The number of rotatable bonds is 4. The van der Waals surface area contributed by atoms with Crippen LogP contribution in [-0.2, 0) is 6.54 Å². The number of anilines is 1. The molecule has 0 aliphatic carbocycles. The van der Waals surface area contributed by atoms with Crippen molar-refractivity contribution in [2.45, 2.75) is 25.4 Å². The van der Waals surface area contributed by atoms with E-state index < -0.39 is 0 Å². The summed E-state index contributed by atoms with van der Waals surface area (Å²) in [6.45, 7) is 3.27. The second kappa shape index (κ2) is 7.61. The second-order valence-electron chi connectivity index (χ2n) is 7.79. The Morgan fingerprint density at radius 1 is 0.929 bits per heavy atom. The molecule has 1 N–H and O–H groups in total. The maximum absolute atomic E-state index is 4.20. The number of hydrogen-bond donors (Lipinski definition) is 1. The molecule has 3 nitrogen and oxygen atoms in total. The second-order valence-corrected chi connectivity index (χ2v) is 7.79. The van der Waals surface area contributed by atoms with E-state index in [-0.39, 0.29) is 0 Å². The van der Waals surface area contributed by atoms with E-state index in [9.17, 15) is 0 Å². The van der Waals surface area contributed by atoms with E-state index >= 15 is 0 Å². The van der Waals surface area contributed by atoms with Crippen LogP contribution in [0.2, 0.25) is 0 Å². The molecule has 1 saturated heterocycles. The molecule has 1 aliphatic heterocycles. The maximum atomic E-state index is 4.20. The lowest BCUT2D eigenvalue weighted by Gasteiger charge is -2.34. The molecule has 4 aromatic rings. The van der Waals surface area contributed by atoms with Gasteiger partial charge in [-0.2, -0.15) is 0 Å². The van der Waals surface area contributed by atoms with Gasteiger partial charge in [-0.25, -0.2) is 0 Å². The van der Waals surface area contributed by atoms with Crippen molar-refractivity contribution in [3.8, 4) is 0 Å². The molecule has 0 spiro atoms. The first kappa shape index (κ1) is 17.2. The van der Waals surface area contributed by atoms with Crippen LogP contribution < -0.4 is 5.32 Å². The predicted octanol–water partition coefficient (Wildman–Crippen LogP) is 5.46. The lowest BCUT2D eigenvalue weighted by atomic mass is 10.0. The van der Waals surface area contributed by atoms with Crippen LogP contribution in [0.4, 0.5) is 5.69 Å². The number of nitrogens with one attached hydrogen (secondary N) is 1. The quantitative estimate of drug-likeness (QED) is 0.519. The molecule has 0 unspecified atom stereocenters. The molecule has 28 heavy (non-hydrogen) atoms. The van der Waals surface area contributed by atoms with Crippen molar-refractivity contribution in [2.75, 3.05) is 18.4 Å². The summed E-state index contributed by atoms with van der Waals surface area (Å²) in [7, 11) is 0. The lowest BCUT2D eigenvalue weighted by Crippen LogP contribution is -2.41. The number of likely N-dealkylation sites (tertiary alicyclic amines) is 1. The van der Waals surface area contributed by atoms with E-state index in [0.29, 0.717) is 6.04 Å². The Morgan fingerprint density at radius 2 is 1.86 bits per heavy atom. The molecular formula is C25H25N3. The largest absolute Gasteiger partial charge is 0.381 e. The number of hydrogen-bond acceptors (Lipinski definition) is 3. The van der Waals surface area contributed by atoms with Crippen LogP contribution in [0.3, 0.4) is 0 Å². The Balaban J connectivity index is 1.30. The molecule has 3 heteroatoms. The molecule has 0 radical (unpaired) electrons. The molecule has 140 valence electrons. The van der Waals surface area contributed by atoms with Crippen LogP contribution >= 0.6 is 0 Å². The SMILES string of the molecule is c1ccc2c(CN3CCC[C@@H](Nc4ccc5cnccc5c4)C3)cccc2c1. The van der Waals surface area contributed by atoms with E-state index in [0.717, 1.165) is 13.1 Å². The Kier molecular flexibility index (Phi) is 4.67. The summed E-state index contributed by atoms with van der Waals surface area (Å²) in [5, 5.41) is 8.90. The topological polar surface area (TPSA) is 28.2 Å². The number of aromatic nitrogens is 1. The summed E-state index contributed by atoms with van der Waals surface area (Å²) < 4.78 is 0. The summed E-state index contributed by atoms with van der Waals surface area (Å²) in [5.74, 6) is 0. The number of nitrogens with zero attached hydrogens (tertiary/aromatic N) is 2. The molecule has 0 bridgehead atoms. The van der Waals surface area contributed by atoms with Gasteiger partial charge in [0.25, 0.3) is 0 Å². The van der Waals surface area contributed by atoms with Gasteiger partial charge in [0.1, 0.15) is 0 Å². The fourth-order valence-corrected chi connectivity index (χ4v) is 4.40. The zero-order valence-corrected chi connectivity index (χ0v) is 16.0. The summed E-state index contributed by atoms with van der Waals surface area (Å²) in [6.07, 6.45) is 6.24. The van der Waals surface area contributed by atoms with Gasteiger partial charge in [0, 0.05) is 42.6 Å². The van der Waals surface area contributed by atoms with E-state index in [1.54, 1.807) is 0 Å². The van der Waals surface area contributed by atoms with Crippen molar-refractivity contribution in [2.24, 2.45) is 0 Å². The maximum Gasteiger partial charge on any atom is 0.0389 e. The molecule has 0 amide bonds.